The summed E-state index contributed by atoms with van der Waals surface area (Å²) in [5.74, 6) is -1.41. The monoisotopic (exact) mass is 689 g/mol. The van der Waals surface area contributed by atoms with Crippen LogP contribution in [0.4, 0.5) is 23.7 Å². The Hall–Kier alpha value is -5.57. The number of hydrogen-bond donors (Lipinski definition) is 1. The molecule has 15 heteroatoms. The molecule has 258 valence electrons. The van der Waals surface area contributed by atoms with Gasteiger partial charge in [0.1, 0.15) is 35.6 Å². The van der Waals surface area contributed by atoms with Gasteiger partial charge in [0.25, 0.3) is 17.3 Å². The first-order valence-electron chi connectivity index (χ1n) is 16.0. The molecular weight excluding hydrogens is 659 g/mol. The minimum Gasteiger partial charge on any atom is -0.463 e. The van der Waals surface area contributed by atoms with Crippen molar-refractivity contribution < 1.29 is 37.1 Å². The van der Waals surface area contributed by atoms with Gasteiger partial charge in [-0.2, -0.15) is 4.98 Å². The average Bonchev–Trinajstić information content (AvgIpc) is 3.62. The Morgan fingerprint density at radius 1 is 1.14 bits per heavy atom. The number of carbonyl (C=O) groups is 1. The fraction of sp³-hybridized carbons (Fsp3) is 0.314. The Kier molecular flexibility index (Phi) is 8.82. The largest absolute Gasteiger partial charge is 0.513 e. The maximum atomic E-state index is 16.3. The number of rotatable bonds is 10. The van der Waals surface area contributed by atoms with Crippen molar-refractivity contribution in [1.82, 2.24) is 19.9 Å². The lowest BCUT2D eigenvalue weighted by atomic mass is 9.94. The number of carbonyl (C=O) groups excluding carboxylic acids is 1. The molecule has 3 aromatic carbocycles. The van der Waals surface area contributed by atoms with Gasteiger partial charge in [0.05, 0.1) is 22.5 Å². The van der Waals surface area contributed by atoms with E-state index >= 15 is 8.78 Å². The average molecular weight is 690 g/mol. The van der Waals surface area contributed by atoms with Crippen LogP contribution >= 0.6 is 0 Å². The molecule has 0 saturated carbocycles. The predicted octanol–water partition coefficient (Wildman–Crippen LogP) is 6.43. The topological polar surface area (TPSA) is 150 Å². The predicted molar refractivity (Wildman–Crippen MR) is 175 cm³/mol. The van der Waals surface area contributed by atoms with E-state index in [1.54, 1.807) is 24.3 Å². The maximum Gasteiger partial charge on any atom is 0.513 e. The van der Waals surface area contributed by atoms with Crippen LogP contribution in [0, 0.1) is 21.7 Å². The zero-order valence-electron chi connectivity index (χ0n) is 26.5. The second-order valence-corrected chi connectivity index (χ2v) is 12.4. The zero-order chi connectivity index (χ0) is 35.0. The summed E-state index contributed by atoms with van der Waals surface area (Å²) in [4.78, 5) is 48.5. The van der Waals surface area contributed by atoms with Gasteiger partial charge in [-0.3, -0.25) is 29.8 Å². The highest BCUT2D eigenvalue weighted by Gasteiger charge is 2.49. The van der Waals surface area contributed by atoms with Crippen LogP contribution in [0.1, 0.15) is 31.2 Å². The summed E-state index contributed by atoms with van der Waals surface area (Å²) >= 11 is 0. The maximum absolute atomic E-state index is 16.3. The third kappa shape index (κ3) is 6.31. The Labute approximate surface area is 282 Å². The number of nitrogens with zero attached hydrogens (tertiary/aromatic N) is 4. The van der Waals surface area contributed by atoms with Crippen molar-refractivity contribution >= 4 is 33.5 Å². The molecule has 2 aromatic heterocycles. The van der Waals surface area contributed by atoms with E-state index in [0.29, 0.717) is 23.7 Å². The van der Waals surface area contributed by atoms with Crippen molar-refractivity contribution in [3.8, 4) is 23.0 Å². The van der Waals surface area contributed by atoms with Crippen molar-refractivity contribution in [2.24, 2.45) is 0 Å². The summed E-state index contributed by atoms with van der Waals surface area (Å²) in [6.07, 6.45) is 1.41. The number of nitro groups is 1. The van der Waals surface area contributed by atoms with Crippen molar-refractivity contribution in [3.05, 3.63) is 98.5 Å². The number of aryl methyl sites for hydroxylation is 1. The van der Waals surface area contributed by atoms with Crippen molar-refractivity contribution in [2.45, 2.75) is 43.8 Å². The second-order valence-electron chi connectivity index (χ2n) is 12.4. The van der Waals surface area contributed by atoms with Gasteiger partial charge in [0.15, 0.2) is 5.82 Å². The van der Waals surface area contributed by atoms with Crippen molar-refractivity contribution in [2.75, 3.05) is 26.3 Å². The fourth-order valence-electron chi connectivity index (χ4n) is 6.99. The summed E-state index contributed by atoms with van der Waals surface area (Å²) in [5, 5.41) is 11.7. The third-order valence-electron chi connectivity index (χ3n) is 9.30. The normalized spacial score (nSPS) is 18.7. The van der Waals surface area contributed by atoms with Gasteiger partial charge in [-0.15, -0.1) is 0 Å². The van der Waals surface area contributed by atoms with Crippen molar-refractivity contribution in [1.29, 1.82) is 0 Å². The number of non-ortho nitro benzene ring substituents is 1. The number of halogens is 3. The first-order chi connectivity index (χ1) is 24.1. The summed E-state index contributed by atoms with van der Waals surface area (Å²) in [7, 11) is 0. The molecule has 7 rings (SSSR count). The van der Waals surface area contributed by atoms with Crippen molar-refractivity contribution in [3.63, 3.8) is 0 Å². The molecule has 50 heavy (non-hydrogen) atoms. The number of fused-ring (bicyclic) bond motifs is 3. The van der Waals surface area contributed by atoms with E-state index in [0.717, 1.165) is 19.4 Å². The van der Waals surface area contributed by atoms with Crippen LogP contribution in [-0.2, 0) is 11.2 Å². The van der Waals surface area contributed by atoms with E-state index in [2.05, 4.69) is 19.9 Å². The van der Waals surface area contributed by atoms with Gasteiger partial charge in [-0.1, -0.05) is 24.3 Å². The molecule has 4 heterocycles. The number of nitrogens with one attached hydrogen (secondary N) is 1. The Morgan fingerprint density at radius 3 is 2.76 bits per heavy atom. The smallest absolute Gasteiger partial charge is 0.463 e. The number of ether oxygens (including phenoxy) is 3. The standard InChI is InChI=1S/C35H30F3N5O7/c36-21-16-35(13-3-14-42(35)18-21)19-49-33-40-31-26(32(44)41-33)17-39-30(29(31)38)25-5-1-4-20-7-12-27(37)24(28(20)25)6-2-15-48-34(45)50-23-10-8-22(9-11-23)43(46)47/h1,4-5,7-12,17,21H,2-3,6,13-16,18-19H2,(H,40,41,44)/t21-,35+/m1/s1. The number of benzene rings is 3. The number of alkyl halides is 1. The molecule has 1 N–H and O–H groups in total. The van der Waals surface area contributed by atoms with E-state index in [9.17, 15) is 24.1 Å². The summed E-state index contributed by atoms with van der Waals surface area (Å²) in [6.45, 7) is 1.03. The lowest BCUT2D eigenvalue weighted by molar-refractivity contribution is -0.384. The molecule has 0 spiro atoms. The minimum absolute atomic E-state index is 0.0503. The molecule has 2 fully saturated rings. The van der Waals surface area contributed by atoms with Gasteiger partial charge in [-0.05, 0) is 66.8 Å². The minimum atomic E-state index is -1.04. The van der Waals surface area contributed by atoms with E-state index in [-0.39, 0.29) is 71.2 Å². The molecule has 2 saturated heterocycles. The summed E-state index contributed by atoms with van der Waals surface area (Å²) in [5.41, 5.74) is -1.26. The zero-order valence-corrected chi connectivity index (χ0v) is 26.5. The SMILES string of the molecule is O=C(OCCCc1c(F)ccc2cccc(-c3ncc4c(=O)[nH]c(OC[C@@]56CCCN5C[C@H](F)C6)nc4c3F)c12)Oc1ccc([N+](=O)[O-])cc1. The van der Waals surface area contributed by atoms with Crippen LogP contribution in [0.3, 0.4) is 0 Å². The Morgan fingerprint density at radius 2 is 1.96 bits per heavy atom. The Bertz CT molecular complexity index is 2180. The van der Waals surface area contributed by atoms with Gasteiger partial charge in [0.2, 0.25) is 0 Å². The molecule has 0 amide bonds. The molecule has 5 aromatic rings. The van der Waals surface area contributed by atoms with Gasteiger partial charge in [-0.25, -0.2) is 18.0 Å². The van der Waals surface area contributed by atoms with Crippen LogP contribution in [0.15, 0.2) is 65.6 Å². The number of aromatic nitrogens is 3. The summed E-state index contributed by atoms with van der Waals surface area (Å²) in [6, 6.07) is 12.5. The molecule has 0 bridgehead atoms. The van der Waals surface area contributed by atoms with E-state index in [4.69, 9.17) is 14.2 Å². The molecule has 2 aliphatic rings. The van der Waals surface area contributed by atoms with E-state index in [1.165, 1.54) is 36.5 Å². The lowest BCUT2D eigenvalue weighted by Crippen LogP contribution is -2.43. The first-order valence-corrected chi connectivity index (χ1v) is 16.0. The van der Waals surface area contributed by atoms with Gasteiger partial charge in [0, 0.05) is 36.9 Å². The highest BCUT2D eigenvalue weighted by Crippen LogP contribution is 2.40. The molecule has 12 nitrogen and oxygen atoms in total. The Balaban J connectivity index is 1.12. The quantitative estimate of drug-likeness (QED) is 0.0572. The van der Waals surface area contributed by atoms with E-state index < -0.39 is 40.0 Å². The molecular formula is C35H30F3N5O7. The number of aromatic amines is 1. The molecule has 0 unspecified atom stereocenters. The first kappa shape index (κ1) is 33.0. The summed E-state index contributed by atoms with van der Waals surface area (Å²) < 4.78 is 62.0. The molecule has 2 aliphatic heterocycles. The number of hydrogen-bond acceptors (Lipinski definition) is 10. The number of nitro benzene ring substituents is 1. The lowest BCUT2D eigenvalue weighted by Gasteiger charge is -2.30. The second kappa shape index (κ2) is 13.4. The van der Waals surface area contributed by atoms with Crippen LogP contribution < -0.4 is 15.0 Å². The fourth-order valence-corrected chi connectivity index (χ4v) is 6.99. The van der Waals surface area contributed by atoms with Crippen LogP contribution in [0.25, 0.3) is 32.9 Å². The van der Waals surface area contributed by atoms with E-state index in [1.807, 2.05) is 0 Å². The van der Waals surface area contributed by atoms with Gasteiger partial charge >= 0.3 is 6.16 Å². The molecule has 0 radical (unpaired) electrons. The highest BCUT2D eigenvalue weighted by atomic mass is 19.1. The van der Waals surface area contributed by atoms with Gasteiger partial charge < -0.3 is 14.2 Å². The van der Waals surface area contributed by atoms with Crippen LogP contribution in [0.2, 0.25) is 0 Å². The molecule has 2 atom stereocenters. The third-order valence-corrected chi connectivity index (χ3v) is 9.30. The van der Waals surface area contributed by atoms with Crippen LogP contribution in [-0.4, -0.2) is 68.9 Å². The molecule has 0 aliphatic carbocycles. The van der Waals surface area contributed by atoms with Crippen LogP contribution in [0.5, 0.6) is 11.8 Å². The highest BCUT2D eigenvalue weighted by molar-refractivity contribution is 5.99. The number of H-pyrrole nitrogens is 1. The number of pyridine rings is 1.